The van der Waals surface area contributed by atoms with E-state index in [4.69, 9.17) is 21.2 Å². The lowest BCUT2D eigenvalue weighted by molar-refractivity contribution is -0.253. The van der Waals surface area contributed by atoms with Gasteiger partial charge in [-0.2, -0.15) is 4.89 Å². The lowest BCUT2D eigenvalue weighted by atomic mass is 9.71. The molecular formula is C19H30N2O2. The molecular weight excluding hydrogens is 288 g/mol. The van der Waals surface area contributed by atoms with Crippen LogP contribution >= 0.6 is 0 Å². The summed E-state index contributed by atoms with van der Waals surface area (Å²) in [5, 5.41) is 0. The van der Waals surface area contributed by atoms with Crippen LogP contribution in [0, 0.1) is 17.8 Å². The van der Waals surface area contributed by atoms with Gasteiger partial charge in [-0.25, -0.2) is 0 Å². The molecule has 2 fully saturated rings. The van der Waals surface area contributed by atoms with Crippen LogP contribution in [-0.4, -0.2) is 6.10 Å². The van der Waals surface area contributed by atoms with E-state index < -0.39 is 0 Å². The van der Waals surface area contributed by atoms with Crippen molar-refractivity contribution < 1.29 is 9.78 Å². The van der Waals surface area contributed by atoms with Crippen LogP contribution < -0.4 is 16.4 Å². The molecule has 0 unspecified atom stereocenters. The van der Waals surface area contributed by atoms with Crippen LogP contribution in [-0.2, 0) is 4.89 Å². The number of benzene rings is 1. The minimum atomic E-state index is 0.201. The monoisotopic (exact) mass is 318 g/mol. The second kappa shape index (κ2) is 7.43. The molecule has 0 saturated heterocycles. The Hall–Kier alpha value is -1.42. The zero-order valence-corrected chi connectivity index (χ0v) is 14.2. The quantitative estimate of drug-likeness (QED) is 0.485. The highest BCUT2D eigenvalue weighted by atomic mass is 17.2. The molecule has 0 heterocycles. The Labute approximate surface area is 139 Å². The molecule has 0 amide bonds. The Morgan fingerprint density at radius 3 is 2.04 bits per heavy atom. The second-order valence-corrected chi connectivity index (χ2v) is 7.53. The number of rotatable bonds is 4. The van der Waals surface area contributed by atoms with Crippen LogP contribution in [0.25, 0.3) is 0 Å². The molecule has 2 aliphatic carbocycles. The summed E-state index contributed by atoms with van der Waals surface area (Å²) in [6.45, 7) is 2.39. The lowest BCUT2D eigenvalue weighted by Gasteiger charge is -2.36. The maximum Gasteiger partial charge on any atom is 0.167 e. The zero-order chi connectivity index (χ0) is 16.2. The highest BCUT2D eigenvalue weighted by Gasteiger charge is 2.30. The van der Waals surface area contributed by atoms with Crippen molar-refractivity contribution in [3.8, 4) is 5.75 Å². The molecule has 128 valence electrons. The number of nitrogen functional groups attached to an aromatic ring is 2. The van der Waals surface area contributed by atoms with E-state index in [0.717, 1.165) is 30.6 Å². The van der Waals surface area contributed by atoms with Crippen molar-refractivity contribution in [2.75, 3.05) is 11.5 Å². The summed E-state index contributed by atoms with van der Waals surface area (Å²) in [5.41, 5.74) is 12.6. The van der Waals surface area contributed by atoms with Crippen molar-refractivity contribution in [1.82, 2.24) is 0 Å². The van der Waals surface area contributed by atoms with Gasteiger partial charge in [0.1, 0.15) is 6.10 Å². The smallest absolute Gasteiger partial charge is 0.167 e. The summed E-state index contributed by atoms with van der Waals surface area (Å²) >= 11 is 0. The summed E-state index contributed by atoms with van der Waals surface area (Å²) in [6.07, 6.45) is 10.6. The fraction of sp³-hybridized carbons (Fsp3) is 0.684. The van der Waals surface area contributed by atoms with Crippen molar-refractivity contribution in [3.63, 3.8) is 0 Å². The van der Waals surface area contributed by atoms with E-state index in [1.807, 2.05) is 0 Å². The second-order valence-electron chi connectivity index (χ2n) is 7.53. The van der Waals surface area contributed by atoms with Gasteiger partial charge in [0, 0.05) is 6.07 Å². The Bertz CT molecular complexity index is 504. The molecule has 4 heteroatoms. The van der Waals surface area contributed by atoms with E-state index in [1.54, 1.807) is 18.2 Å². The van der Waals surface area contributed by atoms with Gasteiger partial charge in [-0.15, -0.1) is 0 Å². The first-order valence-corrected chi connectivity index (χ1v) is 9.10. The molecule has 0 aromatic heterocycles. The van der Waals surface area contributed by atoms with E-state index in [-0.39, 0.29) is 6.10 Å². The SMILES string of the molecule is CC1CCC(C2CCC(OOc3ccc(N)c(N)c3)CC2)CC1. The van der Waals surface area contributed by atoms with E-state index >= 15 is 0 Å². The largest absolute Gasteiger partial charge is 0.397 e. The molecule has 0 atom stereocenters. The average Bonchev–Trinajstić information content (AvgIpc) is 2.57. The van der Waals surface area contributed by atoms with Crippen molar-refractivity contribution >= 4 is 11.4 Å². The van der Waals surface area contributed by atoms with Gasteiger partial charge in [0.2, 0.25) is 0 Å². The first-order chi connectivity index (χ1) is 11.1. The molecule has 0 aliphatic heterocycles. The highest BCUT2D eigenvalue weighted by Crippen LogP contribution is 2.40. The number of anilines is 2. The van der Waals surface area contributed by atoms with Crippen LogP contribution in [0.1, 0.15) is 58.3 Å². The third-order valence-corrected chi connectivity index (χ3v) is 5.78. The fourth-order valence-corrected chi connectivity index (χ4v) is 4.14. The van der Waals surface area contributed by atoms with Gasteiger partial charge in [-0.1, -0.05) is 19.8 Å². The molecule has 1 aromatic carbocycles. The predicted octanol–water partition coefficient (Wildman–Crippen LogP) is 4.55. The third kappa shape index (κ3) is 4.31. The van der Waals surface area contributed by atoms with Crippen molar-refractivity contribution in [1.29, 1.82) is 0 Å². The number of nitrogens with two attached hydrogens (primary N) is 2. The van der Waals surface area contributed by atoms with E-state index in [2.05, 4.69) is 6.92 Å². The minimum absolute atomic E-state index is 0.201. The predicted molar refractivity (Wildman–Crippen MR) is 93.8 cm³/mol. The van der Waals surface area contributed by atoms with Gasteiger partial charge >= 0.3 is 0 Å². The standard InChI is InChI=1S/C19H30N2O2/c1-13-2-4-14(5-3-13)15-6-8-16(9-7-15)22-23-17-10-11-18(20)19(21)12-17/h10-16H,2-9,20-21H2,1H3. The molecule has 23 heavy (non-hydrogen) atoms. The number of hydrogen-bond donors (Lipinski definition) is 2. The highest BCUT2D eigenvalue weighted by molar-refractivity contribution is 5.65. The Morgan fingerprint density at radius 1 is 0.826 bits per heavy atom. The van der Waals surface area contributed by atoms with Gasteiger partial charge in [0.25, 0.3) is 0 Å². The molecule has 2 aliphatic rings. The molecule has 0 spiro atoms. The van der Waals surface area contributed by atoms with E-state index in [1.165, 1.54) is 38.5 Å². The zero-order valence-electron chi connectivity index (χ0n) is 14.2. The maximum atomic E-state index is 5.78. The normalized spacial score (nSPS) is 31.7. The summed E-state index contributed by atoms with van der Waals surface area (Å²) < 4.78 is 0. The molecule has 1 aromatic rings. The van der Waals surface area contributed by atoms with Gasteiger partial charge in [0.15, 0.2) is 5.75 Å². The molecule has 4 nitrogen and oxygen atoms in total. The fourth-order valence-electron chi connectivity index (χ4n) is 4.14. The van der Waals surface area contributed by atoms with Crippen LogP contribution in [0.5, 0.6) is 5.75 Å². The molecule has 2 saturated carbocycles. The summed E-state index contributed by atoms with van der Waals surface area (Å²) in [4.78, 5) is 11.1. The van der Waals surface area contributed by atoms with Gasteiger partial charge in [-0.05, 0) is 68.4 Å². The Morgan fingerprint density at radius 2 is 1.43 bits per heavy atom. The molecule has 0 radical (unpaired) electrons. The maximum absolute atomic E-state index is 5.78. The van der Waals surface area contributed by atoms with E-state index in [0.29, 0.717) is 17.1 Å². The summed E-state index contributed by atoms with van der Waals surface area (Å²) in [6, 6.07) is 5.25. The van der Waals surface area contributed by atoms with Crippen LogP contribution in [0.4, 0.5) is 11.4 Å². The van der Waals surface area contributed by atoms with Gasteiger partial charge < -0.3 is 16.4 Å². The first-order valence-electron chi connectivity index (χ1n) is 9.10. The van der Waals surface area contributed by atoms with Crippen molar-refractivity contribution in [2.45, 2.75) is 64.4 Å². The van der Waals surface area contributed by atoms with Gasteiger partial charge in [-0.3, -0.25) is 0 Å². The molecule has 4 N–H and O–H groups in total. The Kier molecular flexibility index (Phi) is 5.31. The van der Waals surface area contributed by atoms with Crippen LogP contribution in [0.3, 0.4) is 0 Å². The number of hydrogen-bond acceptors (Lipinski definition) is 4. The Balaban J connectivity index is 1.41. The average molecular weight is 318 g/mol. The first kappa shape index (κ1) is 16.4. The molecule has 3 rings (SSSR count). The van der Waals surface area contributed by atoms with Gasteiger partial charge in [0.05, 0.1) is 11.4 Å². The van der Waals surface area contributed by atoms with Crippen molar-refractivity contribution in [3.05, 3.63) is 18.2 Å². The summed E-state index contributed by atoms with van der Waals surface area (Å²) in [7, 11) is 0. The lowest BCUT2D eigenvalue weighted by Crippen LogP contribution is -2.28. The van der Waals surface area contributed by atoms with Crippen molar-refractivity contribution in [2.24, 2.45) is 17.8 Å². The summed E-state index contributed by atoms with van der Waals surface area (Å²) in [5.74, 6) is 3.41. The minimum Gasteiger partial charge on any atom is -0.397 e. The van der Waals surface area contributed by atoms with Crippen LogP contribution in [0.2, 0.25) is 0 Å². The van der Waals surface area contributed by atoms with E-state index in [9.17, 15) is 0 Å². The molecule has 0 bridgehead atoms. The third-order valence-electron chi connectivity index (χ3n) is 5.78. The topological polar surface area (TPSA) is 70.5 Å². The van der Waals surface area contributed by atoms with Crippen LogP contribution in [0.15, 0.2) is 18.2 Å².